The normalized spacial score (nSPS) is 15.6. The number of likely N-dealkylation sites (N-methyl/N-ethyl adjacent to an activating group) is 1. The van der Waals surface area contributed by atoms with E-state index in [1.807, 2.05) is 0 Å². The van der Waals surface area contributed by atoms with E-state index in [-0.39, 0.29) is 0 Å². The number of carboxylic acid groups (broad SMARTS) is 1. The van der Waals surface area contributed by atoms with Crippen molar-refractivity contribution in [3.63, 3.8) is 0 Å². The summed E-state index contributed by atoms with van der Waals surface area (Å²) in [6.45, 7) is -1.16. The predicted octanol–water partition coefficient (Wildman–Crippen LogP) is -0.239. The average Bonchev–Trinajstić information content (AvgIpc) is 1.94. The van der Waals surface area contributed by atoms with Gasteiger partial charge in [0.15, 0.2) is 0 Å². The minimum Gasteiger partial charge on any atom is -0.544 e. The van der Waals surface area contributed by atoms with Gasteiger partial charge in [-0.1, -0.05) is 0 Å². The predicted molar refractivity (Wildman–Crippen MR) is 48.5 cm³/mol. The number of alkyl halides is 5. The van der Waals surface area contributed by atoms with Gasteiger partial charge < -0.3 is 19.5 Å². The van der Waals surface area contributed by atoms with Gasteiger partial charge in [0.05, 0.1) is 26.5 Å². The monoisotopic (exact) mass is 279 g/mol. The van der Waals surface area contributed by atoms with E-state index in [0.29, 0.717) is 0 Å². The van der Waals surface area contributed by atoms with E-state index >= 15 is 0 Å². The standard InChI is InChI=1S/C9H14F5NO3/c1-15(2,5-7(17)18)4-6(16)3-8(10,11)9(12,13)14/h6,16H,3-5H2,1-2H3. The second-order valence-electron chi connectivity index (χ2n) is 4.71. The molecule has 1 unspecified atom stereocenters. The first kappa shape index (κ1) is 17.0. The Balaban J connectivity index is 4.52. The lowest BCUT2D eigenvalue weighted by Crippen LogP contribution is -2.53. The Labute approximate surface area is 100 Å². The molecule has 0 amide bonds. The number of aliphatic hydroxyl groups excluding tert-OH is 1. The number of carboxylic acids is 1. The van der Waals surface area contributed by atoms with Crippen LogP contribution < -0.4 is 5.11 Å². The first-order chi connectivity index (χ1) is 7.77. The molecule has 0 aliphatic heterocycles. The molecule has 0 bridgehead atoms. The molecule has 18 heavy (non-hydrogen) atoms. The van der Waals surface area contributed by atoms with E-state index in [1.54, 1.807) is 0 Å². The molecule has 0 aromatic heterocycles. The topological polar surface area (TPSA) is 60.4 Å². The molecule has 0 radical (unpaired) electrons. The molecular formula is C9H14F5NO3. The highest BCUT2D eigenvalue weighted by Gasteiger charge is 2.58. The van der Waals surface area contributed by atoms with Crippen LogP contribution in [-0.4, -0.2) is 60.9 Å². The van der Waals surface area contributed by atoms with E-state index in [1.165, 1.54) is 14.1 Å². The zero-order valence-corrected chi connectivity index (χ0v) is 9.80. The molecule has 4 nitrogen and oxygen atoms in total. The van der Waals surface area contributed by atoms with E-state index in [4.69, 9.17) is 0 Å². The van der Waals surface area contributed by atoms with Crippen molar-refractivity contribution in [2.75, 3.05) is 27.2 Å². The maximum atomic E-state index is 12.6. The van der Waals surface area contributed by atoms with Crippen molar-refractivity contribution in [3.8, 4) is 0 Å². The maximum Gasteiger partial charge on any atom is 0.453 e. The second kappa shape index (κ2) is 5.35. The van der Waals surface area contributed by atoms with Gasteiger partial charge in [-0.3, -0.25) is 0 Å². The van der Waals surface area contributed by atoms with Crippen molar-refractivity contribution < 1.29 is 41.4 Å². The summed E-state index contributed by atoms with van der Waals surface area (Å²) in [4.78, 5) is 10.3. The number of hydrogen-bond donors (Lipinski definition) is 1. The van der Waals surface area contributed by atoms with Crippen molar-refractivity contribution in [2.24, 2.45) is 0 Å². The number of hydrogen-bond acceptors (Lipinski definition) is 3. The molecule has 0 heterocycles. The molecule has 0 saturated carbocycles. The lowest BCUT2D eigenvalue weighted by molar-refractivity contribution is -0.888. The zero-order chi connectivity index (χ0) is 14.8. The van der Waals surface area contributed by atoms with Crippen LogP contribution in [0.25, 0.3) is 0 Å². The molecule has 0 spiro atoms. The number of rotatable bonds is 6. The van der Waals surface area contributed by atoms with Crippen molar-refractivity contribution in [2.45, 2.75) is 24.6 Å². The highest BCUT2D eigenvalue weighted by Crippen LogP contribution is 2.38. The minimum atomic E-state index is -5.74. The number of quaternary nitrogens is 1. The smallest absolute Gasteiger partial charge is 0.453 e. The lowest BCUT2D eigenvalue weighted by Gasteiger charge is -2.33. The summed E-state index contributed by atoms with van der Waals surface area (Å²) in [5, 5.41) is 19.5. The molecule has 108 valence electrons. The van der Waals surface area contributed by atoms with Gasteiger partial charge in [-0.25, -0.2) is 0 Å². The van der Waals surface area contributed by atoms with Crippen molar-refractivity contribution in [1.29, 1.82) is 0 Å². The van der Waals surface area contributed by atoms with Crippen LogP contribution in [0.3, 0.4) is 0 Å². The van der Waals surface area contributed by atoms with Crippen LogP contribution in [0.5, 0.6) is 0 Å². The number of aliphatic carboxylic acids is 1. The van der Waals surface area contributed by atoms with Gasteiger partial charge in [-0.05, 0) is 0 Å². The van der Waals surface area contributed by atoms with Crippen molar-refractivity contribution in [1.82, 2.24) is 0 Å². The molecule has 0 rings (SSSR count). The van der Waals surface area contributed by atoms with E-state index in [2.05, 4.69) is 0 Å². The number of carbonyl (C=O) groups excluding carboxylic acids is 1. The zero-order valence-electron chi connectivity index (χ0n) is 9.80. The van der Waals surface area contributed by atoms with Crippen molar-refractivity contribution >= 4 is 5.97 Å². The Morgan fingerprint density at radius 1 is 1.28 bits per heavy atom. The Hall–Kier alpha value is -0.960. The summed E-state index contributed by atoms with van der Waals surface area (Å²) in [6, 6.07) is 0. The van der Waals surface area contributed by atoms with Crippen LogP contribution in [-0.2, 0) is 4.79 Å². The Morgan fingerprint density at radius 2 is 1.72 bits per heavy atom. The number of nitrogens with zero attached hydrogens (tertiary/aromatic N) is 1. The largest absolute Gasteiger partial charge is 0.544 e. The molecular weight excluding hydrogens is 265 g/mol. The first-order valence-electron chi connectivity index (χ1n) is 4.91. The van der Waals surface area contributed by atoms with Crippen LogP contribution >= 0.6 is 0 Å². The second-order valence-corrected chi connectivity index (χ2v) is 4.71. The summed E-state index contributed by atoms with van der Waals surface area (Å²) in [7, 11) is 2.54. The highest BCUT2D eigenvalue weighted by molar-refractivity contribution is 5.65. The summed E-state index contributed by atoms with van der Waals surface area (Å²) in [5.74, 6) is -6.50. The number of carbonyl (C=O) groups is 1. The van der Waals surface area contributed by atoms with Gasteiger partial charge in [0.25, 0.3) is 0 Å². The molecule has 0 aromatic carbocycles. The molecule has 0 aliphatic carbocycles. The summed E-state index contributed by atoms with van der Waals surface area (Å²) >= 11 is 0. The lowest BCUT2D eigenvalue weighted by atomic mass is 10.1. The number of halogens is 5. The van der Waals surface area contributed by atoms with Gasteiger partial charge in [0.2, 0.25) is 0 Å². The molecule has 1 N–H and O–H groups in total. The molecule has 0 aliphatic rings. The fraction of sp³-hybridized carbons (Fsp3) is 0.889. The molecule has 0 saturated heterocycles. The fourth-order valence-corrected chi connectivity index (χ4v) is 1.46. The van der Waals surface area contributed by atoms with Crippen LogP contribution in [0.2, 0.25) is 0 Å². The molecule has 0 aromatic rings. The van der Waals surface area contributed by atoms with E-state index in [0.717, 1.165) is 0 Å². The van der Waals surface area contributed by atoms with Crippen LogP contribution in [0.4, 0.5) is 22.0 Å². The average molecular weight is 279 g/mol. The number of aliphatic hydroxyl groups is 1. The van der Waals surface area contributed by atoms with Gasteiger partial charge in [-0.2, -0.15) is 22.0 Å². The van der Waals surface area contributed by atoms with Gasteiger partial charge in [-0.15, -0.1) is 0 Å². The minimum absolute atomic E-state index is 0.461. The highest BCUT2D eigenvalue weighted by atomic mass is 19.4. The fourth-order valence-electron chi connectivity index (χ4n) is 1.46. The summed E-state index contributed by atoms with van der Waals surface area (Å²) in [6.07, 6.45) is -9.51. The third kappa shape index (κ3) is 5.58. The third-order valence-corrected chi connectivity index (χ3v) is 2.17. The Morgan fingerprint density at radius 3 is 2.06 bits per heavy atom. The van der Waals surface area contributed by atoms with Crippen LogP contribution in [0.1, 0.15) is 6.42 Å². The maximum absolute atomic E-state index is 12.6. The first-order valence-corrected chi connectivity index (χ1v) is 4.91. The quantitative estimate of drug-likeness (QED) is 0.539. The Bertz CT molecular complexity index is 303. The summed E-state index contributed by atoms with van der Waals surface area (Å²) < 4.78 is 60.3. The molecule has 0 fully saturated rings. The van der Waals surface area contributed by atoms with Gasteiger partial charge >= 0.3 is 12.1 Å². The summed E-state index contributed by atoms with van der Waals surface area (Å²) in [5.41, 5.74) is 0. The molecule has 9 heteroatoms. The van der Waals surface area contributed by atoms with Gasteiger partial charge in [0, 0.05) is 0 Å². The third-order valence-electron chi connectivity index (χ3n) is 2.17. The van der Waals surface area contributed by atoms with E-state index < -0.39 is 48.2 Å². The van der Waals surface area contributed by atoms with Crippen molar-refractivity contribution in [3.05, 3.63) is 0 Å². The van der Waals surface area contributed by atoms with Gasteiger partial charge in [0.1, 0.15) is 19.2 Å². The van der Waals surface area contributed by atoms with Crippen LogP contribution in [0, 0.1) is 0 Å². The van der Waals surface area contributed by atoms with Crippen LogP contribution in [0.15, 0.2) is 0 Å². The van der Waals surface area contributed by atoms with E-state index in [9.17, 15) is 37.0 Å². The Kier molecular flexibility index (Phi) is 5.07. The molecule has 1 atom stereocenters. The SMILES string of the molecule is C[N+](C)(CC(=O)[O-])CC(O)CC(F)(F)C(F)(F)F.